The Labute approximate surface area is 216 Å². The van der Waals surface area contributed by atoms with Crippen molar-refractivity contribution in [2.75, 3.05) is 25.1 Å². The Morgan fingerprint density at radius 3 is 2.22 bits per heavy atom. The summed E-state index contributed by atoms with van der Waals surface area (Å²) in [6.07, 6.45) is -0.0199. The second kappa shape index (κ2) is 12.0. The summed E-state index contributed by atoms with van der Waals surface area (Å²) in [5.74, 6) is 1.03. The summed E-state index contributed by atoms with van der Waals surface area (Å²) >= 11 is 6.25. The van der Waals surface area contributed by atoms with Gasteiger partial charge in [0.15, 0.2) is 11.5 Å². The van der Waals surface area contributed by atoms with Crippen LogP contribution in [-0.2, 0) is 21.4 Å². The van der Waals surface area contributed by atoms with E-state index in [0.29, 0.717) is 17.2 Å². The molecule has 1 N–H and O–H groups in total. The van der Waals surface area contributed by atoms with Gasteiger partial charge in [-0.2, -0.15) is 0 Å². The molecular formula is C26H29ClN2O6S. The molecule has 36 heavy (non-hydrogen) atoms. The van der Waals surface area contributed by atoms with Crippen molar-refractivity contribution in [3.05, 3.63) is 77.3 Å². The third-order valence-electron chi connectivity index (χ3n) is 5.12. The van der Waals surface area contributed by atoms with E-state index in [1.807, 2.05) is 19.9 Å². The summed E-state index contributed by atoms with van der Waals surface area (Å²) in [6.45, 7) is 3.54. The van der Waals surface area contributed by atoms with Gasteiger partial charge < -0.3 is 19.5 Å². The normalized spacial score (nSPS) is 11.2. The lowest BCUT2D eigenvalue weighted by molar-refractivity contribution is -0.119. The number of carbonyl (C=O) groups is 1. The molecule has 0 fully saturated rings. The quantitative estimate of drug-likeness (QED) is 0.386. The van der Waals surface area contributed by atoms with E-state index in [1.165, 1.54) is 38.5 Å². The Morgan fingerprint density at radius 1 is 0.944 bits per heavy atom. The Hall–Kier alpha value is -3.43. The summed E-state index contributed by atoms with van der Waals surface area (Å²) in [5, 5.41) is 2.99. The number of benzene rings is 3. The molecule has 0 aliphatic heterocycles. The molecule has 0 heterocycles. The zero-order chi connectivity index (χ0) is 26.3. The third kappa shape index (κ3) is 6.61. The number of halogens is 1. The molecule has 8 nitrogen and oxygen atoms in total. The number of hydrogen-bond donors (Lipinski definition) is 1. The molecule has 0 unspecified atom stereocenters. The van der Waals surface area contributed by atoms with Crippen LogP contribution >= 0.6 is 11.6 Å². The van der Waals surface area contributed by atoms with Crippen molar-refractivity contribution >= 4 is 33.2 Å². The van der Waals surface area contributed by atoms with Crippen LogP contribution in [-0.4, -0.2) is 41.2 Å². The largest absolute Gasteiger partial charge is 0.495 e. The minimum atomic E-state index is -4.06. The number of nitrogens with zero attached hydrogens (tertiary/aromatic N) is 1. The number of amides is 1. The van der Waals surface area contributed by atoms with Gasteiger partial charge in [-0.1, -0.05) is 35.9 Å². The average Bonchev–Trinajstić information content (AvgIpc) is 2.86. The van der Waals surface area contributed by atoms with Crippen LogP contribution in [0.2, 0.25) is 5.02 Å². The van der Waals surface area contributed by atoms with E-state index in [2.05, 4.69) is 5.32 Å². The van der Waals surface area contributed by atoms with Crippen LogP contribution in [0.4, 0.5) is 5.69 Å². The van der Waals surface area contributed by atoms with Gasteiger partial charge in [-0.05, 0) is 61.9 Å². The van der Waals surface area contributed by atoms with Gasteiger partial charge in [0.1, 0.15) is 12.3 Å². The number of sulfonamides is 1. The SMILES string of the molecule is COc1ccc(N(CC(=O)NCc2ccc(OC(C)C)c(OC)c2)S(=O)(=O)c2ccccc2)cc1Cl. The first-order valence-electron chi connectivity index (χ1n) is 11.2. The second-order valence-corrected chi connectivity index (χ2v) is 10.3. The van der Waals surface area contributed by atoms with Crippen LogP contribution < -0.4 is 23.8 Å². The molecule has 3 rings (SSSR count). The zero-order valence-electron chi connectivity index (χ0n) is 20.5. The number of rotatable bonds is 11. The van der Waals surface area contributed by atoms with Gasteiger partial charge in [-0.25, -0.2) is 8.42 Å². The molecular weight excluding hydrogens is 504 g/mol. The second-order valence-electron chi connectivity index (χ2n) is 8.07. The molecule has 0 atom stereocenters. The molecule has 3 aromatic carbocycles. The minimum Gasteiger partial charge on any atom is -0.495 e. The molecule has 0 radical (unpaired) electrons. The van der Waals surface area contributed by atoms with Crippen molar-refractivity contribution in [3.63, 3.8) is 0 Å². The zero-order valence-corrected chi connectivity index (χ0v) is 22.1. The lowest BCUT2D eigenvalue weighted by Crippen LogP contribution is -2.40. The lowest BCUT2D eigenvalue weighted by atomic mass is 10.2. The van der Waals surface area contributed by atoms with Gasteiger partial charge in [0.05, 0.1) is 35.9 Å². The predicted octanol–water partition coefficient (Wildman–Crippen LogP) is 4.66. The monoisotopic (exact) mass is 532 g/mol. The van der Waals surface area contributed by atoms with E-state index in [9.17, 15) is 13.2 Å². The van der Waals surface area contributed by atoms with Crippen LogP contribution in [0.1, 0.15) is 19.4 Å². The highest BCUT2D eigenvalue weighted by Gasteiger charge is 2.27. The van der Waals surface area contributed by atoms with Crippen molar-refractivity contribution in [3.8, 4) is 17.2 Å². The van der Waals surface area contributed by atoms with Crippen LogP contribution in [0.3, 0.4) is 0 Å². The van der Waals surface area contributed by atoms with E-state index in [-0.39, 0.29) is 28.3 Å². The van der Waals surface area contributed by atoms with E-state index >= 15 is 0 Å². The van der Waals surface area contributed by atoms with Crippen LogP contribution in [0, 0.1) is 0 Å². The number of hydrogen-bond acceptors (Lipinski definition) is 6. The Balaban J connectivity index is 1.83. The molecule has 10 heteroatoms. The highest BCUT2D eigenvalue weighted by Crippen LogP contribution is 2.32. The van der Waals surface area contributed by atoms with E-state index in [1.54, 1.807) is 36.4 Å². The third-order valence-corrected chi connectivity index (χ3v) is 7.21. The smallest absolute Gasteiger partial charge is 0.264 e. The Morgan fingerprint density at radius 2 is 1.61 bits per heavy atom. The van der Waals surface area contributed by atoms with Crippen LogP contribution in [0.5, 0.6) is 17.2 Å². The number of carbonyl (C=O) groups excluding carboxylic acids is 1. The molecule has 192 valence electrons. The summed E-state index contributed by atoms with van der Waals surface area (Å²) in [4.78, 5) is 13.0. The predicted molar refractivity (Wildman–Crippen MR) is 140 cm³/mol. The first-order chi connectivity index (χ1) is 17.1. The number of nitrogens with one attached hydrogen (secondary N) is 1. The fourth-order valence-electron chi connectivity index (χ4n) is 3.41. The van der Waals surface area contributed by atoms with Gasteiger partial charge in [-0.15, -0.1) is 0 Å². The number of ether oxygens (including phenoxy) is 3. The van der Waals surface area contributed by atoms with Crippen molar-refractivity contribution in [2.45, 2.75) is 31.4 Å². The molecule has 3 aromatic rings. The maximum absolute atomic E-state index is 13.5. The molecule has 0 aliphatic rings. The van der Waals surface area contributed by atoms with Crippen LogP contribution in [0.25, 0.3) is 0 Å². The molecule has 0 aromatic heterocycles. The highest BCUT2D eigenvalue weighted by molar-refractivity contribution is 7.92. The lowest BCUT2D eigenvalue weighted by Gasteiger charge is -2.24. The van der Waals surface area contributed by atoms with Gasteiger partial charge in [-0.3, -0.25) is 9.10 Å². The molecule has 0 saturated heterocycles. The standard InChI is InChI=1S/C26H29ClN2O6S/c1-18(2)35-24-12-10-19(14-25(24)34-4)16-28-26(30)17-29(20-11-13-23(33-3)22(27)15-20)36(31,32)21-8-6-5-7-9-21/h5-15,18H,16-17H2,1-4H3,(H,28,30). The summed E-state index contributed by atoms with van der Waals surface area (Å²) in [6, 6.07) is 17.8. The first kappa shape index (κ1) is 27.2. The summed E-state index contributed by atoms with van der Waals surface area (Å²) in [7, 11) is -1.06. The molecule has 0 aliphatic carbocycles. The fourth-order valence-corrected chi connectivity index (χ4v) is 5.09. The highest BCUT2D eigenvalue weighted by atomic mass is 35.5. The van der Waals surface area contributed by atoms with Crippen molar-refractivity contribution in [2.24, 2.45) is 0 Å². The maximum atomic E-state index is 13.5. The fraction of sp³-hybridized carbons (Fsp3) is 0.269. The first-order valence-corrected chi connectivity index (χ1v) is 13.0. The minimum absolute atomic E-state index is 0.0199. The van der Waals surface area contributed by atoms with Gasteiger partial charge in [0.25, 0.3) is 10.0 Å². The van der Waals surface area contributed by atoms with Gasteiger partial charge >= 0.3 is 0 Å². The van der Waals surface area contributed by atoms with Crippen molar-refractivity contribution < 1.29 is 27.4 Å². The topological polar surface area (TPSA) is 94.2 Å². The van der Waals surface area contributed by atoms with E-state index in [4.69, 9.17) is 25.8 Å². The Bertz CT molecular complexity index is 1300. The van der Waals surface area contributed by atoms with Crippen molar-refractivity contribution in [1.29, 1.82) is 0 Å². The number of methoxy groups -OCH3 is 2. The molecule has 1 amide bonds. The van der Waals surface area contributed by atoms with Crippen molar-refractivity contribution in [1.82, 2.24) is 5.32 Å². The summed E-state index contributed by atoms with van der Waals surface area (Å²) in [5.41, 5.74) is 0.998. The van der Waals surface area contributed by atoms with Crippen LogP contribution in [0.15, 0.2) is 71.6 Å². The van der Waals surface area contributed by atoms with Gasteiger partial charge in [0.2, 0.25) is 5.91 Å². The Kier molecular flexibility index (Phi) is 9.06. The summed E-state index contributed by atoms with van der Waals surface area (Å²) < 4.78 is 44.2. The van der Waals surface area contributed by atoms with Gasteiger partial charge in [0, 0.05) is 6.54 Å². The average molecular weight is 533 g/mol. The molecule has 0 saturated carbocycles. The maximum Gasteiger partial charge on any atom is 0.264 e. The molecule has 0 bridgehead atoms. The molecule has 0 spiro atoms. The van der Waals surface area contributed by atoms with E-state index in [0.717, 1.165) is 9.87 Å². The number of anilines is 1. The van der Waals surface area contributed by atoms with E-state index < -0.39 is 22.5 Å².